The molecule has 1 aromatic carbocycles. The molecule has 0 saturated heterocycles. The number of anilines is 1. The van der Waals surface area contributed by atoms with Gasteiger partial charge in [0.05, 0.1) is 25.5 Å². The predicted molar refractivity (Wildman–Crippen MR) is 117 cm³/mol. The maximum absolute atomic E-state index is 10.7. The fraction of sp³-hybridized carbons (Fsp3) is 0.190. The van der Waals surface area contributed by atoms with Crippen molar-refractivity contribution in [1.29, 1.82) is 0 Å². The molecule has 0 aliphatic carbocycles. The molecule has 1 aliphatic rings. The minimum Gasteiger partial charge on any atom is -0.482 e. The number of aryl methyl sites for hydroxylation is 1. The van der Waals surface area contributed by atoms with Gasteiger partial charge in [-0.3, -0.25) is 0 Å². The maximum Gasteiger partial charge on any atom is 0.379 e. The first kappa shape index (κ1) is 18.4. The Labute approximate surface area is 171 Å². The van der Waals surface area contributed by atoms with Gasteiger partial charge >= 0.3 is 9.60 Å². The number of rotatable bonds is 2. The van der Waals surface area contributed by atoms with E-state index >= 15 is 0 Å². The molecule has 1 aliphatic heterocycles. The van der Waals surface area contributed by atoms with Gasteiger partial charge in [0.2, 0.25) is 0 Å². The van der Waals surface area contributed by atoms with E-state index in [2.05, 4.69) is 28.8 Å². The highest BCUT2D eigenvalue weighted by Gasteiger charge is 2.16. The largest absolute Gasteiger partial charge is 0.482 e. The first-order valence-corrected chi connectivity index (χ1v) is 10.7. The van der Waals surface area contributed by atoms with Gasteiger partial charge in [0.25, 0.3) is 5.88 Å². The van der Waals surface area contributed by atoms with Crippen molar-refractivity contribution >= 4 is 40.5 Å². The standard InChI is InChI=1S/C21H20N4OS2/c1-4-25-19(26)18(28-21(25)22-20-23(2)13-14-27-20)12-11-16-10-9-15-7-5-6-8-17(15)24(16)3/h5-10,12-14H,4H2,1-3H3/p+1. The fourth-order valence-electron chi connectivity index (χ4n) is 3.03. The zero-order chi connectivity index (χ0) is 19.7. The highest BCUT2D eigenvalue weighted by Crippen LogP contribution is 2.29. The second-order valence-corrected chi connectivity index (χ2v) is 8.23. The number of aromatic hydroxyl groups is 1. The summed E-state index contributed by atoms with van der Waals surface area (Å²) in [6, 6.07) is 8.25. The smallest absolute Gasteiger partial charge is 0.379 e. The van der Waals surface area contributed by atoms with Crippen LogP contribution >= 0.6 is 22.7 Å². The monoisotopic (exact) mass is 409 g/mol. The molecule has 0 atom stereocenters. The van der Waals surface area contributed by atoms with Crippen LogP contribution < -0.4 is 19.2 Å². The van der Waals surface area contributed by atoms with Gasteiger partial charge < -0.3 is 10.0 Å². The van der Waals surface area contributed by atoms with E-state index in [4.69, 9.17) is 4.67 Å². The Morgan fingerprint density at radius 1 is 1.18 bits per heavy atom. The average molecular weight is 410 g/mol. The zero-order valence-electron chi connectivity index (χ0n) is 16.0. The van der Waals surface area contributed by atoms with Crippen LogP contribution in [0.5, 0.6) is 5.88 Å². The third kappa shape index (κ3) is 3.33. The first-order chi connectivity index (χ1) is 13.6. The van der Waals surface area contributed by atoms with E-state index in [9.17, 15) is 5.11 Å². The van der Waals surface area contributed by atoms with Crippen LogP contribution in [0.3, 0.4) is 0 Å². The molecule has 4 rings (SSSR count). The molecule has 3 aromatic rings. The van der Waals surface area contributed by atoms with Crippen LogP contribution in [0.15, 0.2) is 53.3 Å². The lowest BCUT2D eigenvalue weighted by molar-refractivity contribution is 0.415. The molecule has 142 valence electrons. The predicted octanol–water partition coefficient (Wildman–Crippen LogP) is 2.90. The summed E-state index contributed by atoms with van der Waals surface area (Å²) in [5.41, 5.74) is 6.59. The van der Waals surface area contributed by atoms with Crippen molar-refractivity contribution in [2.45, 2.75) is 13.5 Å². The summed E-state index contributed by atoms with van der Waals surface area (Å²) in [5.74, 6) is 0.224. The Hall–Kier alpha value is -2.95. The quantitative estimate of drug-likeness (QED) is 0.523. The zero-order valence-corrected chi connectivity index (χ0v) is 17.6. The third-order valence-corrected chi connectivity index (χ3v) is 6.47. The SMILES string of the molecule is CCn1c(O)c(C=C=C2C=Cc3ccccc3N2C)sc1=[N+]=c1sccn1C. The van der Waals surface area contributed by atoms with Crippen LogP contribution in [0.2, 0.25) is 0 Å². The number of aromatic nitrogens is 2. The minimum atomic E-state index is 0.224. The van der Waals surface area contributed by atoms with Crippen molar-refractivity contribution in [1.82, 2.24) is 13.8 Å². The molecule has 2 aromatic heterocycles. The molecule has 0 fully saturated rings. The lowest BCUT2D eigenvalue weighted by atomic mass is 10.1. The number of nitrogens with zero attached hydrogens (tertiary/aromatic N) is 4. The molecule has 28 heavy (non-hydrogen) atoms. The Balaban J connectivity index is 1.84. The molecule has 3 heterocycles. The van der Waals surface area contributed by atoms with Gasteiger partial charge in [-0.15, -0.1) is 0 Å². The van der Waals surface area contributed by atoms with Gasteiger partial charge in [-0.2, -0.15) is 0 Å². The van der Waals surface area contributed by atoms with Crippen molar-refractivity contribution in [2.24, 2.45) is 7.05 Å². The average Bonchev–Trinajstić information content (AvgIpc) is 3.24. The van der Waals surface area contributed by atoms with E-state index in [-0.39, 0.29) is 5.88 Å². The molecule has 0 saturated carbocycles. The number of hydrogen-bond acceptors (Lipinski definition) is 4. The highest BCUT2D eigenvalue weighted by molar-refractivity contribution is 7.10. The van der Waals surface area contributed by atoms with Crippen LogP contribution in [0.4, 0.5) is 5.69 Å². The number of thiazole rings is 2. The van der Waals surface area contributed by atoms with Gasteiger partial charge in [0.15, 0.2) is 0 Å². The first-order valence-electron chi connectivity index (χ1n) is 8.96. The number of allylic oxidation sites excluding steroid dienone is 1. The Morgan fingerprint density at radius 3 is 2.75 bits per heavy atom. The van der Waals surface area contributed by atoms with E-state index in [1.165, 1.54) is 16.9 Å². The Morgan fingerprint density at radius 2 is 2.00 bits per heavy atom. The molecule has 7 heteroatoms. The van der Waals surface area contributed by atoms with Crippen LogP contribution in [0, 0.1) is 0 Å². The molecule has 0 unspecified atom stereocenters. The molecule has 0 amide bonds. The second-order valence-electron chi connectivity index (χ2n) is 6.35. The van der Waals surface area contributed by atoms with Crippen LogP contribution in [0.1, 0.15) is 17.4 Å². The van der Waals surface area contributed by atoms with Crippen molar-refractivity contribution in [3.8, 4) is 5.88 Å². The van der Waals surface area contributed by atoms with E-state index in [1.807, 2.05) is 66.0 Å². The number of para-hydroxylation sites is 1. The van der Waals surface area contributed by atoms with Crippen molar-refractivity contribution in [3.05, 3.63) is 73.4 Å². The number of benzene rings is 1. The highest BCUT2D eigenvalue weighted by atomic mass is 32.1. The van der Waals surface area contributed by atoms with Crippen molar-refractivity contribution in [3.63, 3.8) is 0 Å². The molecular formula is C21H21N4OS2+. The van der Waals surface area contributed by atoms with E-state index in [0.29, 0.717) is 6.54 Å². The summed E-state index contributed by atoms with van der Waals surface area (Å²) >= 11 is 3.03. The van der Waals surface area contributed by atoms with E-state index in [1.54, 1.807) is 11.3 Å². The second kappa shape index (κ2) is 7.58. The van der Waals surface area contributed by atoms with Crippen molar-refractivity contribution < 1.29 is 5.11 Å². The van der Waals surface area contributed by atoms with Crippen LogP contribution in [-0.2, 0) is 13.6 Å². The molecule has 5 nitrogen and oxygen atoms in total. The molecule has 0 radical (unpaired) electrons. The number of hydrogen-bond donors (Lipinski definition) is 1. The Kier molecular flexibility index (Phi) is 4.99. The summed E-state index contributed by atoms with van der Waals surface area (Å²) in [6.45, 7) is 2.65. The van der Waals surface area contributed by atoms with Crippen LogP contribution in [0.25, 0.3) is 12.2 Å². The van der Waals surface area contributed by atoms with Gasteiger partial charge in [-0.25, -0.2) is 13.8 Å². The summed E-state index contributed by atoms with van der Waals surface area (Å²) in [6.07, 6.45) is 7.93. The number of fused-ring (bicyclic) bond motifs is 1. The summed E-state index contributed by atoms with van der Waals surface area (Å²) in [5, 5.41) is 12.7. The van der Waals surface area contributed by atoms with Gasteiger partial charge in [0, 0.05) is 24.2 Å². The normalized spacial score (nSPS) is 12.5. The van der Waals surface area contributed by atoms with Crippen LogP contribution in [-0.4, -0.2) is 21.3 Å². The molecular weight excluding hydrogens is 388 g/mol. The van der Waals surface area contributed by atoms with Gasteiger partial charge in [-0.1, -0.05) is 41.3 Å². The lowest BCUT2D eigenvalue weighted by Crippen LogP contribution is -2.23. The summed E-state index contributed by atoms with van der Waals surface area (Å²) in [4.78, 5) is 4.51. The Bertz CT molecular complexity index is 1270. The topological polar surface area (TPSA) is 47.4 Å². The minimum absolute atomic E-state index is 0.224. The summed E-state index contributed by atoms with van der Waals surface area (Å²) in [7, 11) is 3.99. The van der Waals surface area contributed by atoms with Gasteiger partial charge in [0.1, 0.15) is 4.88 Å². The lowest BCUT2D eigenvalue weighted by Gasteiger charge is -2.24. The molecule has 0 spiro atoms. The third-order valence-electron chi connectivity index (χ3n) is 4.61. The van der Waals surface area contributed by atoms with E-state index < -0.39 is 0 Å². The van der Waals surface area contributed by atoms with E-state index in [0.717, 1.165) is 25.9 Å². The molecule has 0 bridgehead atoms. The maximum atomic E-state index is 10.7. The van der Waals surface area contributed by atoms with Gasteiger partial charge in [-0.05, 0) is 36.0 Å². The van der Waals surface area contributed by atoms with Crippen molar-refractivity contribution in [2.75, 3.05) is 11.9 Å². The molecule has 1 N–H and O–H groups in total. The fourth-order valence-corrected chi connectivity index (χ4v) is 4.79. The summed E-state index contributed by atoms with van der Waals surface area (Å²) < 4.78 is 8.50. The number of likely N-dealkylation sites (N-methyl/N-ethyl adjacent to an activating group) is 1.